The first-order chi connectivity index (χ1) is 11.8. The van der Waals surface area contributed by atoms with Gasteiger partial charge >= 0.3 is 0 Å². The monoisotopic (exact) mass is 329 g/mol. The van der Waals surface area contributed by atoms with Crippen LogP contribution in [0.2, 0.25) is 0 Å². The van der Waals surface area contributed by atoms with Crippen molar-refractivity contribution in [2.45, 2.75) is 52.0 Å². The number of hydrogen-bond donors (Lipinski definition) is 2. The summed E-state index contributed by atoms with van der Waals surface area (Å²) in [5, 5.41) is 6.31. The van der Waals surface area contributed by atoms with Crippen LogP contribution in [-0.2, 0) is 11.3 Å². The van der Waals surface area contributed by atoms with Gasteiger partial charge in [0.1, 0.15) is 0 Å². The number of aromatic nitrogens is 1. The quantitative estimate of drug-likeness (QED) is 0.567. The van der Waals surface area contributed by atoms with Crippen molar-refractivity contribution in [2.24, 2.45) is 0 Å². The Balaban J connectivity index is 0.00000312. The van der Waals surface area contributed by atoms with Crippen LogP contribution in [0.15, 0.2) is 48.8 Å². The van der Waals surface area contributed by atoms with Gasteiger partial charge in [-0.25, -0.2) is 0 Å². The SMILES string of the molecule is CCCCCCCC(=O)Nc1ccc(NCc2ccncc2)cc1.[HH].[HH]. The third-order valence-electron chi connectivity index (χ3n) is 3.92. The van der Waals surface area contributed by atoms with E-state index in [1.54, 1.807) is 12.4 Å². The maximum Gasteiger partial charge on any atom is 0.224 e. The summed E-state index contributed by atoms with van der Waals surface area (Å²) in [7, 11) is 0. The maximum atomic E-state index is 11.9. The molecule has 0 atom stereocenters. The van der Waals surface area contributed by atoms with E-state index in [9.17, 15) is 4.79 Å². The molecule has 0 fully saturated rings. The van der Waals surface area contributed by atoms with E-state index in [0.717, 1.165) is 30.8 Å². The van der Waals surface area contributed by atoms with E-state index >= 15 is 0 Å². The van der Waals surface area contributed by atoms with Crippen LogP contribution < -0.4 is 10.6 Å². The molecule has 4 heteroatoms. The minimum Gasteiger partial charge on any atom is -0.381 e. The summed E-state index contributed by atoms with van der Waals surface area (Å²) in [6, 6.07) is 11.8. The summed E-state index contributed by atoms with van der Waals surface area (Å²) in [6.45, 7) is 2.95. The van der Waals surface area contributed by atoms with Crippen LogP contribution in [0.5, 0.6) is 0 Å². The fourth-order valence-electron chi connectivity index (χ4n) is 2.49. The summed E-state index contributed by atoms with van der Waals surface area (Å²) in [4.78, 5) is 15.9. The third kappa shape index (κ3) is 6.82. The topological polar surface area (TPSA) is 54.0 Å². The number of nitrogens with one attached hydrogen (secondary N) is 2. The molecule has 0 radical (unpaired) electrons. The van der Waals surface area contributed by atoms with Crippen LogP contribution in [-0.4, -0.2) is 10.9 Å². The molecule has 1 heterocycles. The van der Waals surface area contributed by atoms with Crippen molar-refractivity contribution in [2.75, 3.05) is 10.6 Å². The number of anilines is 2. The van der Waals surface area contributed by atoms with Crippen molar-refractivity contribution < 1.29 is 7.65 Å². The Labute approximate surface area is 147 Å². The highest BCUT2D eigenvalue weighted by atomic mass is 16.1. The van der Waals surface area contributed by atoms with Crippen LogP contribution in [0.4, 0.5) is 11.4 Å². The van der Waals surface area contributed by atoms with Crippen LogP contribution in [0.3, 0.4) is 0 Å². The zero-order valence-corrected chi connectivity index (χ0v) is 14.4. The fraction of sp³-hybridized carbons (Fsp3) is 0.400. The van der Waals surface area contributed by atoms with Gasteiger partial charge in [-0.05, 0) is 48.4 Å². The molecule has 0 aliphatic carbocycles. The van der Waals surface area contributed by atoms with Gasteiger partial charge in [-0.1, -0.05) is 32.6 Å². The normalized spacial score (nSPS) is 10.4. The van der Waals surface area contributed by atoms with E-state index in [2.05, 4.69) is 22.5 Å². The number of nitrogens with zero attached hydrogens (tertiary/aromatic N) is 1. The van der Waals surface area contributed by atoms with Crippen molar-refractivity contribution in [3.63, 3.8) is 0 Å². The van der Waals surface area contributed by atoms with Gasteiger partial charge in [0.15, 0.2) is 0 Å². The highest BCUT2D eigenvalue weighted by Gasteiger charge is 2.02. The van der Waals surface area contributed by atoms with Crippen molar-refractivity contribution in [3.05, 3.63) is 54.4 Å². The summed E-state index contributed by atoms with van der Waals surface area (Å²) in [6.07, 6.45) is 10.0. The molecular formula is C20H31N3O. The average Bonchev–Trinajstić information content (AvgIpc) is 2.62. The lowest BCUT2D eigenvalue weighted by Gasteiger charge is -2.09. The first-order valence-electron chi connectivity index (χ1n) is 8.80. The number of carbonyl (C=O) groups is 1. The second-order valence-electron chi connectivity index (χ2n) is 6.00. The Morgan fingerprint density at radius 1 is 0.958 bits per heavy atom. The van der Waals surface area contributed by atoms with E-state index in [1.807, 2.05) is 36.4 Å². The van der Waals surface area contributed by atoms with Gasteiger partial charge in [0.25, 0.3) is 0 Å². The molecule has 24 heavy (non-hydrogen) atoms. The molecule has 1 aromatic heterocycles. The lowest BCUT2D eigenvalue weighted by molar-refractivity contribution is -0.116. The van der Waals surface area contributed by atoms with E-state index in [-0.39, 0.29) is 8.76 Å². The van der Waals surface area contributed by atoms with Crippen LogP contribution in [0.25, 0.3) is 0 Å². The standard InChI is InChI=1S/C20H27N3O.2H2/c1-2-3-4-5-6-7-20(24)23-19-10-8-18(9-11-19)22-16-17-12-14-21-15-13-17;;/h8-15,22H,2-7,16H2,1H3,(H,23,24);2*1H. The van der Waals surface area contributed by atoms with E-state index in [4.69, 9.17) is 0 Å². The fourth-order valence-corrected chi connectivity index (χ4v) is 2.49. The molecule has 4 nitrogen and oxygen atoms in total. The van der Waals surface area contributed by atoms with Gasteiger partial charge < -0.3 is 10.6 Å². The Morgan fingerprint density at radius 2 is 1.62 bits per heavy atom. The number of rotatable bonds is 10. The van der Waals surface area contributed by atoms with Crippen molar-refractivity contribution >= 4 is 17.3 Å². The summed E-state index contributed by atoms with van der Waals surface area (Å²) >= 11 is 0. The molecular weight excluding hydrogens is 298 g/mol. The molecule has 0 saturated heterocycles. The minimum absolute atomic E-state index is 0. The molecule has 0 saturated carbocycles. The van der Waals surface area contributed by atoms with Gasteiger partial charge in [0.2, 0.25) is 5.91 Å². The first-order valence-corrected chi connectivity index (χ1v) is 8.80. The number of unbranched alkanes of at least 4 members (excludes halogenated alkanes) is 4. The number of carbonyl (C=O) groups excluding carboxylic acids is 1. The van der Waals surface area contributed by atoms with Crippen molar-refractivity contribution in [3.8, 4) is 0 Å². The van der Waals surface area contributed by atoms with Gasteiger partial charge in [0, 0.05) is 39.6 Å². The van der Waals surface area contributed by atoms with Crippen LogP contribution in [0.1, 0.15) is 53.9 Å². The van der Waals surface area contributed by atoms with E-state index < -0.39 is 0 Å². The molecule has 0 aliphatic heterocycles. The lowest BCUT2D eigenvalue weighted by Crippen LogP contribution is -2.11. The Bertz CT molecular complexity index is 606. The van der Waals surface area contributed by atoms with E-state index in [1.165, 1.54) is 24.8 Å². The molecule has 1 aromatic carbocycles. The van der Waals surface area contributed by atoms with Crippen molar-refractivity contribution in [1.29, 1.82) is 0 Å². The average molecular weight is 329 g/mol. The molecule has 2 rings (SSSR count). The highest BCUT2D eigenvalue weighted by Crippen LogP contribution is 2.15. The second kappa shape index (κ2) is 10.4. The maximum absolute atomic E-state index is 11.9. The zero-order chi connectivity index (χ0) is 17.0. The van der Waals surface area contributed by atoms with Crippen LogP contribution >= 0.6 is 0 Å². The molecule has 0 aliphatic rings. The zero-order valence-electron chi connectivity index (χ0n) is 14.4. The molecule has 1 amide bonds. The molecule has 0 spiro atoms. The predicted molar refractivity (Wildman–Crippen MR) is 104 cm³/mol. The predicted octanol–water partition coefficient (Wildman–Crippen LogP) is 5.48. The van der Waals surface area contributed by atoms with Crippen molar-refractivity contribution in [1.82, 2.24) is 4.98 Å². The number of benzene rings is 1. The highest BCUT2D eigenvalue weighted by molar-refractivity contribution is 5.90. The number of amides is 1. The molecule has 2 aromatic rings. The smallest absolute Gasteiger partial charge is 0.224 e. The summed E-state index contributed by atoms with van der Waals surface area (Å²) in [5.74, 6) is 0.101. The van der Waals surface area contributed by atoms with E-state index in [0.29, 0.717) is 6.42 Å². The lowest BCUT2D eigenvalue weighted by atomic mass is 10.1. The van der Waals surface area contributed by atoms with Gasteiger partial charge in [-0.2, -0.15) is 0 Å². The molecule has 0 unspecified atom stereocenters. The second-order valence-corrected chi connectivity index (χ2v) is 6.00. The summed E-state index contributed by atoms with van der Waals surface area (Å²) < 4.78 is 0. The number of pyridine rings is 1. The first kappa shape index (κ1) is 18.0. The Morgan fingerprint density at radius 3 is 2.33 bits per heavy atom. The van der Waals surface area contributed by atoms with Gasteiger partial charge in [-0.3, -0.25) is 9.78 Å². The Kier molecular flexibility index (Phi) is 7.81. The molecule has 0 bridgehead atoms. The summed E-state index contributed by atoms with van der Waals surface area (Å²) in [5.41, 5.74) is 3.07. The molecule has 2 N–H and O–H groups in total. The third-order valence-corrected chi connectivity index (χ3v) is 3.92. The van der Waals surface area contributed by atoms with Gasteiger partial charge in [-0.15, -0.1) is 0 Å². The van der Waals surface area contributed by atoms with Gasteiger partial charge in [0.05, 0.1) is 0 Å². The largest absolute Gasteiger partial charge is 0.381 e. The minimum atomic E-state index is 0. The number of hydrogen-bond acceptors (Lipinski definition) is 3. The molecule has 132 valence electrons. The van der Waals surface area contributed by atoms with Crippen LogP contribution in [0, 0.1) is 0 Å². The Hall–Kier alpha value is -2.36.